The van der Waals surface area contributed by atoms with Gasteiger partial charge in [-0.15, -0.1) is 0 Å². The normalized spacial score (nSPS) is 15.2. The van der Waals surface area contributed by atoms with Gasteiger partial charge in [-0.2, -0.15) is 0 Å². The predicted octanol–water partition coefficient (Wildman–Crippen LogP) is 1.57. The van der Waals surface area contributed by atoms with E-state index in [0.29, 0.717) is 38.3 Å². The van der Waals surface area contributed by atoms with Crippen LogP contribution in [0.15, 0.2) is 36.7 Å². The molecule has 0 aromatic carbocycles. The molecule has 0 atom stereocenters. The van der Waals surface area contributed by atoms with Crippen LogP contribution in [-0.2, 0) is 4.79 Å². The van der Waals surface area contributed by atoms with Crippen molar-refractivity contribution in [2.45, 2.75) is 13.8 Å². The van der Waals surface area contributed by atoms with Gasteiger partial charge in [-0.25, -0.2) is 0 Å². The Hall–Kier alpha value is -2.34. The number of pyridine rings is 1. The molecule has 0 bridgehead atoms. The van der Waals surface area contributed by atoms with Crippen LogP contribution in [0.25, 0.3) is 5.52 Å². The molecule has 1 saturated heterocycles. The quantitative estimate of drug-likeness (QED) is 0.829. The average Bonchev–Trinajstić information content (AvgIpc) is 3.09. The minimum absolute atomic E-state index is 0.0412. The van der Waals surface area contributed by atoms with Crippen LogP contribution in [0.2, 0.25) is 0 Å². The molecule has 2 aromatic rings. The van der Waals surface area contributed by atoms with Crippen LogP contribution in [0.5, 0.6) is 0 Å². The van der Waals surface area contributed by atoms with Crippen LogP contribution in [-0.4, -0.2) is 76.7 Å². The standard InChI is InChI=1S/C19H26N4O2/c1-3-20(4-2)15-18(24)21-9-11-22(12-10-21)19(25)16-13-17-7-5-6-8-23(17)14-16/h5-8,13-14H,3-4,9-12,15H2,1-2H3. The van der Waals surface area contributed by atoms with Crippen LogP contribution < -0.4 is 0 Å². The first-order valence-corrected chi connectivity index (χ1v) is 8.98. The lowest BCUT2D eigenvalue weighted by Crippen LogP contribution is -2.52. The fourth-order valence-electron chi connectivity index (χ4n) is 3.25. The molecular formula is C19H26N4O2. The van der Waals surface area contributed by atoms with Gasteiger partial charge >= 0.3 is 0 Å². The maximum atomic E-state index is 12.7. The summed E-state index contributed by atoms with van der Waals surface area (Å²) in [5.74, 6) is 0.199. The monoisotopic (exact) mass is 342 g/mol. The largest absolute Gasteiger partial charge is 0.338 e. The van der Waals surface area contributed by atoms with E-state index < -0.39 is 0 Å². The Morgan fingerprint density at radius 2 is 1.72 bits per heavy atom. The second kappa shape index (κ2) is 7.70. The molecule has 0 spiro atoms. The highest BCUT2D eigenvalue weighted by Gasteiger charge is 2.25. The summed E-state index contributed by atoms with van der Waals surface area (Å²) in [5, 5.41) is 0. The van der Waals surface area contributed by atoms with E-state index in [1.807, 2.05) is 50.9 Å². The molecule has 134 valence electrons. The summed E-state index contributed by atoms with van der Waals surface area (Å²) in [7, 11) is 0. The molecule has 6 nitrogen and oxygen atoms in total. The Kier molecular flexibility index (Phi) is 5.38. The maximum Gasteiger partial charge on any atom is 0.255 e. The van der Waals surface area contributed by atoms with Crippen molar-refractivity contribution < 1.29 is 9.59 Å². The lowest BCUT2D eigenvalue weighted by Gasteiger charge is -2.35. The second-order valence-electron chi connectivity index (χ2n) is 6.40. The third-order valence-corrected chi connectivity index (χ3v) is 4.92. The highest BCUT2D eigenvalue weighted by molar-refractivity contribution is 5.95. The van der Waals surface area contributed by atoms with Crippen molar-refractivity contribution in [2.75, 3.05) is 45.8 Å². The van der Waals surface area contributed by atoms with Crippen molar-refractivity contribution in [1.29, 1.82) is 0 Å². The number of piperazine rings is 1. The number of fused-ring (bicyclic) bond motifs is 1. The van der Waals surface area contributed by atoms with Gasteiger partial charge < -0.3 is 14.2 Å². The second-order valence-corrected chi connectivity index (χ2v) is 6.40. The molecule has 25 heavy (non-hydrogen) atoms. The molecule has 2 aromatic heterocycles. The summed E-state index contributed by atoms with van der Waals surface area (Å²) >= 11 is 0. The number of hydrogen-bond donors (Lipinski definition) is 0. The van der Waals surface area contributed by atoms with Gasteiger partial charge in [-0.1, -0.05) is 19.9 Å². The fourth-order valence-corrected chi connectivity index (χ4v) is 3.25. The van der Waals surface area contributed by atoms with E-state index in [9.17, 15) is 9.59 Å². The summed E-state index contributed by atoms with van der Waals surface area (Å²) in [5.41, 5.74) is 1.72. The van der Waals surface area contributed by atoms with Crippen molar-refractivity contribution >= 4 is 17.3 Å². The minimum Gasteiger partial charge on any atom is -0.338 e. The molecule has 0 aliphatic carbocycles. The van der Waals surface area contributed by atoms with Crippen LogP contribution >= 0.6 is 0 Å². The average molecular weight is 342 g/mol. The van der Waals surface area contributed by atoms with Gasteiger partial charge in [0.25, 0.3) is 5.91 Å². The minimum atomic E-state index is 0.0412. The summed E-state index contributed by atoms with van der Waals surface area (Å²) in [6.45, 7) is 8.75. The predicted molar refractivity (Wildman–Crippen MR) is 97.7 cm³/mol. The van der Waals surface area contributed by atoms with Crippen LogP contribution in [0.4, 0.5) is 0 Å². The number of nitrogens with zero attached hydrogens (tertiary/aromatic N) is 4. The first kappa shape index (κ1) is 17.5. The third-order valence-electron chi connectivity index (χ3n) is 4.92. The van der Waals surface area contributed by atoms with Crippen LogP contribution in [0, 0.1) is 0 Å². The van der Waals surface area contributed by atoms with Gasteiger partial charge in [0.15, 0.2) is 0 Å². The maximum absolute atomic E-state index is 12.7. The zero-order valence-corrected chi connectivity index (χ0v) is 15.0. The lowest BCUT2D eigenvalue weighted by molar-refractivity contribution is -0.133. The van der Waals surface area contributed by atoms with E-state index >= 15 is 0 Å². The lowest BCUT2D eigenvalue weighted by atomic mass is 10.2. The number of carbonyl (C=O) groups excluding carboxylic acids is 2. The highest BCUT2D eigenvalue weighted by atomic mass is 16.2. The molecule has 1 aliphatic heterocycles. The van der Waals surface area contributed by atoms with Gasteiger partial charge in [-0.05, 0) is 31.3 Å². The van der Waals surface area contributed by atoms with Crippen molar-refractivity contribution in [3.05, 3.63) is 42.2 Å². The van der Waals surface area contributed by atoms with Crippen molar-refractivity contribution in [2.24, 2.45) is 0 Å². The van der Waals surface area contributed by atoms with Gasteiger partial charge in [0.05, 0.1) is 12.1 Å². The summed E-state index contributed by atoms with van der Waals surface area (Å²) in [6.07, 6.45) is 3.81. The van der Waals surface area contributed by atoms with Crippen LogP contribution in [0.3, 0.4) is 0 Å². The Bertz CT molecular complexity index is 710. The smallest absolute Gasteiger partial charge is 0.255 e. The molecular weight excluding hydrogens is 316 g/mol. The molecule has 0 radical (unpaired) electrons. The van der Waals surface area contributed by atoms with E-state index in [-0.39, 0.29) is 11.8 Å². The zero-order chi connectivity index (χ0) is 17.8. The molecule has 1 aliphatic rings. The van der Waals surface area contributed by atoms with Gasteiger partial charge in [0, 0.05) is 44.1 Å². The molecule has 0 unspecified atom stereocenters. The summed E-state index contributed by atoms with van der Waals surface area (Å²) in [4.78, 5) is 30.9. The van der Waals surface area contributed by atoms with Gasteiger partial charge in [-0.3, -0.25) is 14.5 Å². The van der Waals surface area contributed by atoms with Gasteiger partial charge in [0.2, 0.25) is 5.91 Å². The Labute approximate surface area is 148 Å². The zero-order valence-electron chi connectivity index (χ0n) is 15.0. The summed E-state index contributed by atoms with van der Waals surface area (Å²) in [6, 6.07) is 7.81. The SMILES string of the molecule is CCN(CC)CC(=O)N1CCN(C(=O)c2cc3ccccn3c2)CC1. The van der Waals surface area contributed by atoms with E-state index in [1.165, 1.54) is 0 Å². The molecule has 3 heterocycles. The number of hydrogen-bond acceptors (Lipinski definition) is 3. The Balaban J connectivity index is 1.58. The topological polar surface area (TPSA) is 48.3 Å². The summed E-state index contributed by atoms with van der Waals surface area (Å²) < 4.78 is 1.96. The van der Waals surface area contributed by atoms with Crippen LogP contribution in [0.1, 0.15) is 24.2 Å². The van der Waals surface area contributed by atoms with Crippen molar-refractivity contribution in [3.8, 4) is 0 Å². The molecule has 0 N–H and O–H groups in total. The third kappa shape index (κ3) is 3.85. The number of amides is 2. The molecule has 3 rings (SSSR count). The number of aromatic nitrogens is 1. The molecule has 6 heteroatoms. The molecule has 0 saturated carbocycles. The van der Waals surface area contributed by atoms with E-state index in [0.717, 1.165) is 18.6 Å². The molecule has 2 amide bonds. The number of likely N-dealkylation sites (N-methyl/N-ethyl adjacent to an activating group) is 1. The Morgan fingerprint density at radius 1 is 1.04 bits per heavy atom. The van der Waals surface area contributed by atoms with E-state index in [1.54, 1.807) is 0 Å². The first-order chi connectivity index (χ1) is 12.1. The first-order valence-electron chi connectivity index (χ1n) is 8.98. The van der Waals surface area contributed by atoms with Gasteiger partial charge in [0.1, 0.15) is 0 Å². The highest BCUT2D eigenvalue weighted by Crippen LogP contribution is 2.14. The number of carbonyl (C=O) groups is 2. The molecule has 1 fully saturated rings. The fraction of sp³-hybridized carbons (Fsp3) is 0.474. The van der Waals surface area contributed by atoms with E-state index in [2.05, 4.69) is 18.7 Å². The van der Waals surface area contributed by atoms with Crippen molar-refractivity contribution in [1.82, 2.24) is 19.1 Å². The number of rotatable bonds is 5. The van der Waals surface area contributed by atoms with E-state index in [4.69, 9.17) is 0 Å². The van der Waals surface area contributed by atoms with Crippen molar-refractivity contribution in [3.63, 3.8) is 0 Å². The Morgan fingerprint density at radius 3 is 2.36 bits per heavy atom.